The van der Waals surface area contributed by atoms with E-state index in [2.05, 4.69) is 29.4 Å². The predicted octanol–water partition coefficient (Wildman–Crippen LogP) is 3.97. The van der Waals surface area contributed by atoms with Crippen molar-refractivity contribution in [1.82, 2.24) is 10.2 Å². The molecular weight excluding hydrogens is 821 g/mol. The third-order valence-electron chi connectivity index (χ3n) is 20.6. The summed E-state index contributed by atoms with van der Waals surface area (Å²) in [6.07, 6.45) is 10.3. The fourth-order valence-electron chi connectivity index (χ4n) is 18.3. The number of nitrogens with one attached hydrogen (secondary N) is 1. The van der Waals surface area contributed by atoms with E-state index >= 15 is 4.79 Å². The number of ether oxygens (including phenoxy) is 4. The molecule has 6 aliphatic heterocycles. The fourth-order valence-corrected chi connectivity index (χ4v) is 18.3. The number of esters is 2. The molecule has 0 amide bonds. The van der Waals surface area contributed by atoms with Gasteiger partial charge >= 0.3 is 11.9 Å². The predicted molar refractivity (Wildman–Crippen MR) is 226 cm³/mol. The average Bonchev–Trinajstić information content (AvgIpc) is 3.94. The van der Waals surface area contributed by atoms with Crippen LogP contribution in [0, 0.1) is 69.0 Å². The van der Waals surface area contributed by atoms with Crippen LogP contribution in [0.5, 0.6) is 0 Å². The van der Waals surface area contributed by atoms with Gasteiger partial charge in [0.25, 0.3) is 0 Å². The SMILES string of the molecule is CC1(C)O[C@H]2[C@@]3(CC[C@H](CO)C3)C(=O)OC[C@@]23[C@@H]1C(=O)[C@@H](O)[C@]1(C2CCCC2)[C@@H]3CC[C@@]2(C)[C@H](c3ccoc3C[C@@H]([C@H]3CC[C@H]4[C@H](C=CN5CNC[C@H]45)C3)[C@H](O)CO)OC(=O)[C@H]3O[C@@]312. The van der Waals surface area contributed by atoms with Crippen molar-refractivity contribution in [3.05, 3.63) is 35.9 Å². The van der Waals surface area contributed by atoms with E-state index in [1.807, 2.05) is 19.9 Å². The Morgan fingerprint density at radius 1 is 0.984 bits per heavy atom. The van der Waals surface area contributed by atoms with Gasteiger partial charge in [0.15, 0.2) is 11.9 Å². The summed E-state index contributed by atoms with van der Waals surface area (Å²) < 4.78 is 33.5. The Labute approximate surface area is 375 Å². The quantitative estimate of drug-likeness (QED) is 0.186. The van der Waals surface area contributed by atoms with E-state index in [0.29, 0.717) is 67.7 Å². The van der Waals surface area contributed by atoms with Gasteiger partial charge in [-0.2, -0.15) is 0 Å². The molecule has 0 unspecified atom stereocenters. The maximum Gasteiger partial charge on any atom is 0.339 e. The molecule has 64 heavy (non-hydrogen) atoms. The number of furan rings is 1. The maximum atomic E-state index is 15.6. The molecule has 14 nitrogen and oxygen atoms in total. The molecule has 18 atom stereocenters. The van der Waals surface area contributed by atoms with Crippen molar-refractivity contribution in [3.63, 3.8) is 0 Å². The van der Waals surface area contributed by atoms with Crippen molar-refractivity contribution < 1.29 is 58.2 Å². The summed E-state index contributed by atoms with van der Waals surface area (Å²) in [6.45, 7) is 7.33. The minimum Gasteiger partial charge on any atom is -0.469 e. The number of allylic oxidation sites excluding steroid dienone is 1. The smallest absolute Gasteiger partial charge is 0.339 e. The van der Waals surface area contributed by atoms with E-state index in [4.69, 9.17) is 23.4 Å². The molecular formula is C50H68N2O12. The molecule has 5 aliphatic carbocycles. The van der Waals surface area contributed by atoms with Crippen molar-refractivity contribution in [1.29, 1.82) is 0 Å². The van der Waals surface area contributed by atoms with Gasteiger partial charge in [-0.15, -0.1) is 0 Å². The number of aliphatic hydroxyl groups is 4. The number of fused-ring (bicyclic) bond motifs is 5. The summed E-state index contributed by atoms with van der Waals surface area (Å²) in [5.74, 6) is -1.31. The van der Waals surface area contributed by atoms with Gasteiger partial charge in [0.05, 0.1) is 48.7 Å². The highest BCUT2D eigenvalue weighted by atomic mass is 16.7. The number of rotatable bonds is 8. The second-order valence-corrected chi connectivity index (χ2v) is 23.3. The summed E-state index contributed by atoms with van der Waals surface area (Å²) in [5.41, 5.74) is -5.84. The summed E-state index contributed by atoms with van der Waals surface area (Å²) in [7, 11) is 0. The largest absolute Gasteiger partial charge is 0.469 e. The molecule has 0 radical (unpaired) electrons. The molecule has 0 aromatic carbocycles. The zero-order chi connectivity index (χ0) is 44.3. The second-order valence-electron chi connectivity index (χ2n) is 23.3. The third-order valence-corrected chi connectivity index (χ3v) is 20.6. The van der Waals surface area contributed by atoms with Crippen molar-refractivity contribution in [2.75, 3.05) is 33.0 Å². The highest BCUT2D eigenvalue weighted by molar-refractivity contribution is 5.93. The van der Waals surface area contributed by atoms with Crippen LogP contribution in [0.4, 0.5) is 0 Å². The Hall–Kier alpha value is -2.85. The van der Waals surface area contributed by atoms with Crippen LogP contribution in [0.2, 0.25) is 0 Å². The molecule has 5 N–H and O–H groups in total. The Balaban J connectivity index is 0.944. The average molecular weight is 889 g/mol. The number of aliphatic hydroxyl groups excluding tert-OH is 4. The van der Waals surface area contributed by atoms with Crippen molar-refractivity contribution in [2.24, 2.45) is 69.0 Å². The molecule has 7 heterocycles. The highest BCUT2D eigenvalue weighted by Crippen LogP contribution is 2.83. The van der Waals surface area contributed by atoms with Crippen LogP contribution in [0.15, 0.2) is 29.0 Å². The van der Waals surface area contributed by atoms with Crippen LogP contribution in [0.1, 0.15) is 115 Å². The number of hydrogen-bond donors (Lipinski definition) is 5. The van der Waals surface area contributed by atoms with Crippen molar-refractivity contribution >= 4 is 17.7 Å². The lowest BCUT2D eigenvalue weighted by Crippen LogP contribution is -2.79. The Bertz CT molecular complexity index is 2120. The van der Waals surface area contributed by atoms with Crippen molar-refractivity contribution in [3.8, 4) is 0 Å². The molecule has 5 saturated heterocycles. The van der Waals surface area contributed by atoms with Gasteiger partial charge in [-0.1, -0.05) is 25.8 Å². The second kappa shape index (κ2) is 14.3. The molecule has 1 aromatic heterocycles. The van der Waals surface area contributed by atoms with E-state index in [1.165, 1.54) is 0 Å². The number of nitrogens with zero attached hydrogens (tertiary/aromatic N) is 1. The van der Waals surface area contributed by atoms with Crippen LogP contribution >= 0.6 is 0 Å². The summed E-state index contributed by atoms with van der Waals surface area (Å²) in [4.78, 5) is 47.0. The molecule has 0 bridgehead atoms. The first kappa shape index (κ1) is 42.5. The Morgan fingerprint density at radius 2 is 1.80 bits per heavy atom. The van der Waals surface area contributed by atoms with Gasteiger partial charge < -0.3 is 48.7 Å². The van der Waals surface area contributed by atoms with Gasteiger partial charge in [0.2, 0.25) is 0 Å². The van der Waals surface area contributed by atoms with Gasteiger partial charge in [-0.25, -0.2) is 4.79 Å². The number of epoxide rings is 1. The van der Waals surface area contributed by atoms with E-state index in [1.54, 1.807) is 6.26 Å². The monoisotopic (exact) mass is 888 g/mol. The summed E-state index contributed by atoms with van der Waals surface area (Å²) >= 11 is 0. The summed E-state index contributed by atoms with van der Waals surface area (Å²) in [6, 6.07) is 2.34. The first-order valence-electron chi connectivity index (χ1n) is 24.8. The van der Waals surface area contributed by atoms with Crippen LogP contribution < -0.4 is 5.32 Å². The van der Waals surface area contributed by atoms with E-state index in [0.717, 1.165) is 58.2 Å². The van der Waals surface area contributed by atoms with Gasteiger partial charge in [-0.3, -0.25) is 14.9 Å². The first-order chi connectivity index (χ1) is 30.7. The molecule has 350 valence electrons. The molecule has 10 fully saturated rings. The van der Waals surface area contributed by atoms with E-state index < -0.39 is 81.2 Å². The van der Waals surface area contributed by atoms with Crippen LogP contribution in [-0.2, 0) is 39.8 Å². The fraction of sp³-hybridized carbons (Fsp3) is 0.820. The van der Waals surface area contributed by atoms with Crippen LogP contribution in [0.3, 0.4) is 0 Å². The lowest BCUT2D eigenvalue weighted by Gasteiger charge is -2.70. The standard InChI is InChI=1S/C50H68N2O12/c1-45(2)38-37(56)39(57)49(29-6-4-5-7-29)36(48(38)24-61-44(59)47(43(48)64-45)15-10-26(20-47)22-53)11-14-46(3)40(62-42(58)41-50(46,49)63-41)31-13-17-60-35(31)19-32(34(55)23-54)27-8-9-30-28(18-27)12-16-52-25-51-21-33(30)52/h12-13,16-17,26-30,32-34,36,38-41,43,51,53-55,57H,4-11,14-15,18-25H2,1-3H3/t26-,27-,28+,30-,32-,33+,34+,36+,38+,39+,40-,41+,43-,46-,47-,48+,49-,50+/m0/s1. The zero-order valence-electron chi connectivity index (χ0n) is 37.6. The topological polar surface area (TPSA) is 201 Å². The zero-order valence-corrected chi connectivity index (χ0v) is 37.6. The number of Topliss-reactive ketones (excluding diaryl/α,β-unsaturated/α-hetero) is 1. The number of cyclic esters (lactones) is 2. The van der Waals surface area contributed by atoms with Gasteiger partial charge in [0.1, 0.15) is 30.2 Å². The number of hydrogen-bond acceptors (Lipinski definition) is 14. The number of ketones is 1. The van der Waals surface area contributed by atoms with Crippen molar-refractivity contribution in [2.45, 2.75) is 152 Å². The van der Waals surface area contributed by atoms with E-state index in [9.17, 15) is 30.0 Å². The first-order valence-corrected chi connectivity index (χ1v) is 24.8. The van der Waals surface area contributed by atoms with Crippen LogP contribution in [0.25, 0.3) is 0 Å². The summed E-state index contributed by atoms with van der Waals surface area (Å²) in [5, 5.41) is 49.2. The van der Waals surface area contributed by atoms with Gasteiger partial charge in [0, 0.05) is 47.4 Å². The molecule has 12 rings (SSSR count). The molecule has 5 saturated carbocycles. The van der Waals surface area contributed by atoms with E-state index in [-0.39, 0.29) is 55.2 Å². The minimum absolute atomic E-state index is 0.0200. The lowest BCUT2D eigenvalue weighted by atomic mass is 9.32. The Kier molecular flexibility index (Phi) is 9.52. The molecule has 3 spiro atoms. The molecule has 14 heteroatoms. The molecule has 11 aliphatic rings. The molecule has 1 aromatic rings. The Morgan fingerprint density at radius 3 is 2.56 bits per heavy atom. The van der Waals surface area contributed by atoms with Gasteiger partial charge in [-0.05, 0) is 132 Å². The lowest BCUT2D eigenvalue weighted by molar-refractivity contribution is -0.282. The number of carbonyl (C=O) groups is 3. The minimum atomic E-state index is -1.47. The normalized spacial score (nSPS) is 49.5. The maximum absolute atomic E-state index is 15.6. The number of carbonyl (C=O) groups excluding carboxylic acids is 3. The third kappa shape index (κ3) is 5.15. The van der Waals surface area contributed by atoms with Crippen LogP contribution in [-0.4, -0.2) is 118 Å². The highest BCUT2D eigenvalue weighted by Gasteiger charge is 2.93.